The van der Waals surface area contributed by atoms with Gasteiger partial charge in [-0.3, -0.25) is 9.59 Å². The van der Waals surface area contributed by atoms with Crippen LogP contribution in [0.1, 0.15) is 101 Å². The van der Waals surface area contributed by atoms with Crippen LogP contribution >= 0.6 is 0 Å². The first kappa shape index (κ1) is 27.2. The summed E-state index contributed by atoms with van der Waals surface area (Å²) in [7, 11) is 1.66. The zero-order chi connectivity index (χ0) is 23.7. The minimum atomic E-state index is -0.0944. The molecule has 1 fully saturated rings. The number of anilines is 2. The van der Waals surface area contributed by atoms with E-state index in [9.17, 15) is 9.59 Å². The normalized spacial score (nSPS) is 13.3. The zero-order valence-electron chi connectivity index (χ0n) is 20.9. The van der Waals surface area contributed by atoms with Crippen molar-refractivity contribution in [3.05, 3.63) is 23.8 Å². The highest BCUT2D eigenvalue weighted by molar-refractivity contribution is 6.02. The Morgan fingerprint density at radius 2 is 1.61 bits per heavy atom. The highest BCUT2D eigenvalue weighted by Crippen LogP contribution is 2.28. The Morgan fingerprint density at radius 3 is 2.27 bits per heavy atom. The molecule has 0 radical (unpaired) electrons. The fourth-order valence-corrected chi connectivity index (χ4v) is 4.36. The van der Waals surface area contributed by atoms with Crippen molar-refractivity contribution in [2.75, 3.05) is 43.6 Å². The number of rotatable bonds is 17. The number of carbonyl (C=O) groups excluding carboxylic acids is 2. The highest BCUT2D eigenvalue weighted by Gasteiger charge is 2.20. The molecule has 6 heteroatoms. The number of methoxy groups -OCH3 is 1. The Bertz CT molecular complexity index is 702. The van der Waals surface area contributed by atoms with Crippen LogP contribution in [0.25, 0.3) is 0 Å². The van der Waals surface area contributed by atoms with E-state index in [2.05, 4.69) is 22.5 Å². The van der Waals surface area contributed by atoms with Crippen LogP contribution in [-0.4, -0.2) is 45.2 Å². The van der Waals surface area contributed by atoms with E-state index in [1.807, 2.05) is 18.2 Å². The van der Waals surface area contributed by atoms with Crippen LogP contribution in [0.2, 0.25) is 0 Å². The number of benzene rings is 1. The standard InChI is InChI=1S/C27H45N3O3/c1-3-4-5-6-7-8-9-10-11-15-26(31)29-23-16-17-25(30-19-12-13-20-30)24(22-23)27(32)28-18-14-21-33-2/h16-17,22H,3-15,18-21H2,1-2H3,(H,28,32)(H,29,31). The second kappa shape index (κ2) is 16.5. The van der Waals surface area contributed by atoms with Gasteiger partial charge in [0.1, 0.15) is 0 Å². The van der Waals surface area contributed by atoms with Crippen molar-refractivity contribution < 1.29 is 14.3 Å². The summed E-state index contributed by atoms with van der Waals surface area (Å²) in [6, 6.07) is 5.72. The summed E-state index contributed by atoms with van der Waals surface area (Å²) in [6.45, 7) is 5.37. The third kappa shape index (κ3) is 10.6. The van der Waals surface area contributed by atoms with Crippen molar-refractivity contribution in [2.24, 2.45) is 0 Å². The van der Waals surface area contributed by atoms with Crippen LogP contribution in [0.5, 0.6) is 0 Å². The third-order valence-corrected chi connectivity index (χ3v) is 6.29. The first-order chi connectivity index (χ1) is 16.2. The van der Waals surface area contributed by atoms with Gasteiger partial charge < -0.3 is 20.3 Å². The summed E-state index contributed by atoms with van der Waals surface area (Å²) in [6.07, 6.45) is 14.7. The zero-order valence-corrected chi connectivity index (χ0v) is 20.9. The van der Waals surface area contributed by atoms with Crippen LogP contribution in [-0.2, 0) is 9.53 Å². The first-order valence-corrected chi connectivity index (χ1v) is 13.1. The minimum absolute atomic E-state index is 0.0262. The maximum Gasteiger partial charge on any atom is 0.253 e. The average Bonchev–Trinajstić information content (AvgIpc) is 3.35. The van der Waals surface area contributed by atoms with Crippen LogP contribution in [0.3, 0.4) is 0 Å². The Kier molecular flexibility index (Phi) is 13.6. The van der Waals surface area contributed by atoms with Gasteiger partial charge in [0.2, 0.25) is 5.91 Å². The number of nitrogens with one attached hydrogen (secondary N) is 2. The van der Waals surface area contributed by atoms with Crippen LogP contribution < -0.4 is 15.5 Å². The van der Waals surface area contributed by atoms with E-state index < -0.39 is 0 Å². The summed E-state index contributed by atoms with van der Waals surface area (Å²) < 4.78 is 5.06. The third-order valence-electron chi connectivity index (χ3n) is 6.29. The van der Waals surface area contributed by atoms with Crippen molar-refractivity contribution in [1.82, 2.24) is 5.32 Å². The van der Waals surface area contributed by atoms with Crippen molar-refractivity contribution in [1.29, 1.82) is 0 Å². The Balaban J connectivity index is 1.82. The minimum Gasteiger partial charge on any atom is -0.385 e. The smallest absolute Gasteiger partial charge is 0.253 e. The fraction of sp³-hybridized carbons (Fsp3) is 0.704. The second-order valence-corrected chi connectivity index (χ2v) is 9.15. The second-order valence-electron chi connectivity index (χ2n) is 9.15. The number of unbranched alkanes of at least 4 members (excludes halogenated alkanes) is 8. The lowest BCUT2D eigenvalue weighted by Gasteiger charge is -2.22. The van der Waals surface area contributed by atoms with Gasteiger partial charge in [0.15, 0.2) is 0 Å². The summed E-state index contributed by atoms with van der Waals surface area (Å²) in [5.74, 6) is -0.0682. The SMILES string of the molecule is CCCCCCCCCCCC(=O)Nc1ccc(N2CCCC2)c(C(=O)NCCCOC)c1. The summed E-state index contributed by atoms with van der Waals surface area (Å²) in [5.41, 5.74) is 2.28. The van der Waals surface area contributed by atoms with E-state index in [1.165, 1.54) is 44.9 Å². The van der Waals surface area contributed by atoms with Crippen molar-refractivity contribution in [3.63, 3.8) is 0 Å². The number of ether oxygens (including phenoxy) is 1. The molecule has 1 aliphatic heterocycles. The van der Waals surface area contributed by atoms with Gasteiger partial charge in [-0.2, -0.15) is 0 Å². The van der Waals surface area contributed by atoms with Crippen LogP contribution in [0.15, 0.2) is 18.2 Å². The van der Waals surface area contributed by atoms with Gasteiger partial charge in [-0.1, -0.05) is 58.3 Å². The number of hydrogen-bond donors (Lipinski definition) is 2. The Hall–Kier alpha value is -2.08. The van der Waals surface area contributed by atoms with E-state index in [0.29, 0.717) is 30.8 Å². The van der Waals surface area contributed by atoms with Crippen molar-refractivity contribution in [2.45, 2.75) is 90.4 Å². The van der Waals surface area contributed by atoms with E-state index >= 15 is 0 Å². The molecule has 1 saturated heterocycles. The molecule has 2 N–H and O–H groups in total. The lowest BCUT2D eigenvalue weighted by atomic mass is 10.1. The molecule has 186 valence electrons. The molecule has 0 saturated carbocycles. The predicted molar refractivity (Wildman–Crippen MR) is 137 cm³/mol. The Labute approximate surface area is 200 Å². The molecule has 1 aromatic rings. The topological polar surface area (TPSA) is 70.7 Å². The monoisotopic (exact) mass is 459 g/mol. The number of nitrogens with zero attached hydrogens (tertiary/aromatic N) is 1. The maximum atomic E-state index is 12.9. The molecule has 6 nitrogen and oxygen atoms in total. The molecule has 1 aliphatic rings. The molecular weight excluding hydrogens is 414 g/mol. The molecule has 33 heavy (non-hydrogen) atoms. The lowest BCUT2D eigenvalue weighted by Crippen LogP contribution is -2.29. The summed E-state index contributed by atoms with van der Waals surface area (Å²) in [5, 5.41) is 5.99. The molecule has 0 aromatic heterocycles. The Morgan fingerprint density at radius 1 is 0.939 bits per heavy atom. The molecule has 0 aliphatic carbocycles. The lowest BCUT2D eigenvalue weighted by molar-refractivity contribution is -0.116. The molecule has 0 unspecified atom stereocenters. The largest absolute Gasteiger partial charge is 0.385 e. The van der Waals surface area contributed by atoms with Gasteiger partial charge in [0.25, 0.3) is 5.91 Å². The number of amides is 2. The molecule has 0 atom stereocenters. The van der Waals surface area contributed by atoms with Crippen molar-refractivity contribution >= 4 is 23.2 Å². The predicted octanol–water partition coefficient (Wildman–Crippen LogP) is 5.91. The van der Waals surface area contributed by atoms with E-state index in [4.69, 9.17) is 4.74 Å². The molecule has 2 rings (SSSR count). The molecule has 1 aromatic carbocycles. The van der Waals surface area contributed by atoms with Crippen LogP contribution in [0.4, 0.5) is 11.4 Å². The number of hydrogen-bond acceptors (Lipinski definition) is 4. The van der Waals surface area contributed by atoms with Gasteiger partial charge in [-0.05, 0) is 43.9 Å². The van der Waals surface area contributed by atoms with E-state index in [-0.39, 0.29) is 11.8 Å². The van der Waals surface area contributed by atoms with E-state index in [0.717, 1.165) is 50.9 Å². The molecular formula is C27H45N3O3. The van der Waals surface area contributed by atoms with Gasteiger partial charge in [-0.15, -0.1) is 0 Å². The maximum absolute atomic E-state index is 12.9. The summed E-state index contributed by atoms with van der Waals surface area (Å²) >= 11 is 0. The van der Waals surface area contributed by atoms with Gasteiger partial charge in [0.05, 0.1) is 5.56 Å². The van der Waals surface area contributed by atoms with Gasteiger partial charge >= 0.3 is 0 Å². The molecule has 2 amide bonds. The van der Waals surface area contributed by atoms with Crippen molar-refractivity contribution in [3.8, 4) is 0 Å². The molecule has 1 heterocycles. The molecule has 0 spiro atoms. The number of carbonyl (C=O) groups is 2. The van der Waals surface area contributed by atoms with Crippen LogP contribution in [0, 0.1) is 0 Å². The van der Waals surface area contributed by atoms with Gasteiger partial charge in [-0.25, -0.2) is 0 Å². The summed E-state index contributed by atoms with van der Waals surface area (Å²) in [4.78, 5) is 27.6. The van der Waals surface area contributed by atoms with E-state index in [1.54, 1.807) is 7.11 Å². The highest BCUT2D eigenvalue weighted by atomic mass is 16.5. The quantitative estimate of drug-likeness (QED) is 0.284. The molecule has 0 bridgehead atoms. The first-order valence-electron chi connectivity index (χ1n) is 13.1. The van der Waals surface area contributed by atoms with Gasteiger partial charge in [0, 0.05) is 51.1 Å². The fourth-order valence-electron chi connectivity index (χ4n) is 4.36. The average molecular weight is 460 g/mol.